The molecule has 0 fully saturated rings. The summed E-state index contributed by atoms with van der Waals surface area (Å²) < 4.78 is 11.8. The van der Waals surface area contributed by atoms with Crippen molar-refractivity contribution < 1.29 is 14.3 Å². The molecule has 4 rings (SSSR count). The van der Waals surface area contributed by atoms with Gasteiger partial charge in [0.2, 0.25) is 0 Å². The van der Waals surface area contributed by atoms with Gasteiger partial charge < -0.3 is 15.2 Å². The first-order chi connectivity index (χ1) is 15.7. The van der Waals surface area contributed by atoms with Crippen molar-refractivity contribution in [2.24, 2.45) is 11.1 Å². The first-order valence-corrected chi connectivity index (χ1v) is 11.4. The van der Waals surface area contributed by atoms with Gasteiger partial charge in [-0.3, -0.25) is 9.69 Å². The molecule has 0 spiro atoms. The Morgan fingerprint density at radius 3 is 2.36 bits per heavy atom. The van der Waals surface area contributed by atoms with Crippen molar-refractivity contribution in [3.05, 3.63) is 75.2 Å². The Morgan fingerprint density at radius 1 is 1.09 bits per heavy atom. The first-order valence-electron chi connectivity index (χ1n) is 10.6. The number of nitrogens with two attached hydrogens (primary N) is 1. The van der Waals surface area contributed by atoms with Crippen LogP contribution in [0.3, 0.4) is 0 Å². The fourth-order valence-electron chi connectivity index (χ4n) is 4.76. The van der Waals surface area contributed by atoms with Gasteiger partial charge in [0.25, 0.3) is 0 Å². The van der Waals surface area contributed by atoms with E-state index in [2.05, 4.69) is 35.8 Å². The van der Waals surface area contributed by atoms with Crippen LogP contribution in [0.5, 0.6) is 11.5 Å². The maximum absolute atomic E-state index is 13.6. The summed E-state index contributed by atoms with van der Waals surface area (Å²) in [6, 6.07) is 15.5. The molecule has 1 atom stereocenters. The molecule has 0 aromatic heterocycles. The molecule has 0 unspecified atom stereocenters. The van der Waals surface area contributed by atoms with Crippen LogP contribution in [0.4, 0.5) is 5.69 Å². The van der Waals surface area contributed by atoms with Gasteiger partial charge >= 0.3 is 0 Å². The van der Waals surface area contributed by atoms with Gasteiger partial charge in [-0.05, 0) is 53.8 Å². The molecular weight excluding hydrogens is 482 g/mol. The van der Waals surface area contributed by atoms with E-state index < -0.39 is 5.92 Å². The SMILES string of the molecule is COc1ccc([C@H]2C(C#N)=C(N)N(c3ccc(Br)cc3)C3=C2C(=O)CC(C)(C)C3)cc1OC. The van der Waals surface area contributed by atoms with E-state index in [4.69, 9.17) is 15.2 Å². The summed E-state index contributed by atoms with van der Waals surface area (Å²) in [5.74, 6) is 0.911. The van der Waals surface area contributed by atoms with E-state index in [1.807, 2.05) is 41.3 Å². The second kappa shape index (κ2) is 8.60. The molecule has 2 aromatic carbocycles. The van der Waals surface area contributed by atoms with Crippen LogP contribution < -0.4 is 20.1 Å². The molecule has 0 amide bonds. The van der Waals surface area contributed by atoms with E-state index >= 15 is 0 Å². The summed E-state index contributed by atoms with van der Waals surface area (Å²) in [6.07, 6.45) is 1.07. The van der Waals surface area contributed by atoms with Crippen LogP contribution in [0.2, 0.25) is 0 Å². The number of carbonyl (C=O) groups excluding carboxylic acids is 1. The zero-order valence-electron chi connectivity index (χ0n) is 19.1. The highest BCUT2D eigenvalue weighted by Crippen LogP contribution is 2.50. The monoisotopic (exact) mass is 507 g/mol. The maximum Gasteiger partial charge on any atom is 0.162 e. The Labute approximate surface area is 202 Å². The van der Waals surface area contributed by atoms with Crippen molar-refractivity contribution in [2.75, 3.05) is 19.1 Å². The van der Waals surface area contributed by atoms with Crippen LogP contribution >= 0.6 is 15.9 Å². The van der Waals surface area contributed by atoms with Crippen molar-refractivity contribution >= 4 is 27.4 Å². The average Bonchev–Trinajstić information content (AvgIpc) is 2.78. The minimum Gasteiger partial charge on any atom is -0.493 e. The fraction of sp³-hybridized carbons (Fsp3) is 0.308. The number of Topliss-reactive ketones (excluding diaryl/α,β-unsaturated/α-hetero) is 1. The third-order valence-electron chi connectivity index (χ3n) is 6.21. The molecule has 2 aliphatic rings. The molecule has 0 bridgehead atoms. The molecule has 6 nitrogen and oxygen atoms in total. The van der Waals surface area contributed by atoms with Gasteiger partial charge in [0.05, 0.1) is 31.8 Å². The number of benzene rings is 2. The summed E-state index contributed by atoms with van der Waals surface area (Å²) in [7, 11) is 3.13. The highest BCUT2D eigenvalue weighted by molar-refractivity contribution is 9.10. The molecule has 2 aromatic rings. The van der Waals surface area contributed by atoms with Crippen molar-refractivity contribution in [2.45, 2.75) is 32.6 Å². The van der Waals surface area contributed by atoms with E-state index in [-0.39, 0.29) is 11.2 Å². The zero-order chi connectivity index (χ0) is 23.9. The Kier molecular flexibility index (Phi) is 5.98. The molecular formula is C26H26BrN3O3. The molecule has 7 heteroatoms. The van der Waals surface area contributed by atoms with E-state index in [1.165, 1.54) is 0 Å². The Bertz CT molecular complexity index is 1220. The Balaban J connectivity index is 1.98. The summed E-state index contributed by atoms with van der Waals surface area (Å²) in [5.41, 5.74) is 9.83. The van der Waals surface area contributed by atoms with Crippen LogP contribution in [0.15, 0.2) is 69.6 Å². The number of rotatable bonds is 4. The molecule has 170 valence electrons. The maximum atomic E-state index is 13.6. The number of methoxy groups -OCH3 is 2. The number of carbonyl (C=O) groups is 1. The lowest BCUT2D eigenvalue weighted by Crippen LogP contribution is -2.42. The van der Waals surface area contributed by atoms with E-state index in [9.17, 15) is 10.1 Å². The van der Waals surface area contributed by atoms with Crippen molar-refractivity contribution in [1.82, 2.24) is 0 Å². The van der Waals surface area contributed by atoms with Gasteiger partial charge in [-0.25, -0.2) is 0 Å². The lowest BCUT2D eigenvalue weighted by atomic mass is 9.68. The standard InChI is InChI=1S/C26H26BrN3O3/c1-26(2)12-19-24(20(31)13-26)23(15-5-10-21(32-3)22(11-15)33-4)18(14-28)25(29)30(19)17-8-6-16(27)7-9-17/h5-11,23H,12-13,29H2,1-4H3/t23-/m0/s1. The number of halogens is 1. The number of allylic oxidation sites excluding steroid dienone is 3. The average molecular weight is 508 g/mol. The van der Waals surface area contributed by atoms with E-state index in [1.54, 1.807) is 20.3 Å². The first kappa shape index (κ1) is 22.9. The van der Waals surface area contributed by atoms with Crippen molar-refractivity contribution in [1.29, 1.82) is 5.26 Å². The van der Waals surface area contributed by atoms with Crippen LogP contribution in [-0.4, -0.2) is 20.0 Å². The smallest absolute Gasteiger partial charge is 0.162 e. The fourth-order valence-corrected chi connectivity index (χ4v) is 5.02. The number of nitriles is 1. The van der Waals surface area contributed by atoms with Crippen LogP contribution in [0, 0.1) is 16.7 Å². The molecule has 1 aliphatic heterocycles. The number of hydrogen-bond donors (Lipinski definition) is 1. The second-order valence-corrected chi connectivity index (χ2v) is 9.99. The van der Waals surface area contributed by atoms with E-state index in [0.717, 1.165) is 21.4 Å². The highest BCUT2D eigenvalue weighted by atomic mass is 79.9. The molecule has 0 saturated heterocycles. The van der Waals surface area contributed by atoms with Crippen LogP contribution in [0.1, 0.15) is 38.2 Å². The van der Waals surface area contributed by atoms with Gasteiger partial charge in [-0.2, -0.15) is 5.26 Å². The Morgan fingerprint density at radius 2 is 1.76 bits per heavy atom. The normalized spacial score (nSPS) is 19.8. The predicted octanol–water partition coefficient (Wildman–Crippen LogP) is 5.41. The molecule has 33 heavy (non-hydrogen) atoms. The van der Waals surface area contributed by atoms with Gasteiger partial charge in [0, 0.05) is 27.9 Å². The summed E-state index contributed by atoms with van der Waals surface area (Å²) >= 11 is 3.47. The van der Waals surface area contributed by atoms with Crippen molar-refractivity contribution in [3.63, 3.8) is 0 Å². The highest BCUT2D eigenvalue weighted by Gasteiger charge is 2.44. The second-order valence-electron chi connectivity index (χ2n) is 9.07. The van der Waals surface area contributed by atoms with Gasteiger partial charge in [0.1, 0.15) is 5.82 Å². The van der Waals surface area contributed by atoms with Crippen molar-refractivity contribution in [3.8, 4) is 17.6 Å². The number of hydrogen-bond acceptors (Lipinski definition) is 6. The third-order valence-corrected chi connectivity index (χ3v) is 6.74. The van der Waals surface area contributed by atoms with Gasteiger partial charge in [-0.15, -0.1) is 0 Å². The molecule has 0 radical (unpaired) electrons. The lowest BCUT2D eigenvalue weighted by molar-refractivity contribution is -0.118. The quantitative estimate of drug-likeness (QED) is 0.595. The molecule has 1 heterocycles. The summed E-state index contributed by atoms with van der Waals surface area (Å²) in [4.78, 5) is 15.5. The number of anilines is 1. The Hall–Kier alpha value is -3.24. The topological polar surface area (TPSA) is 88.6 Å². The third kappa shape index (κ3) is 4.00. The van der Waals surface area contributed by atoms with Crippen LogP contribution in [0.25, 0.3) is 0 Å². The minimum atomic E-state index is -0.569. The number of ketones is 1. The predicted molar refractivity (Wildman–Crippen MR) is 131 cm³/mol. The number of ether oxygens (including phenoxy) is 2. The summed E-state index contributed by atoms with van der Waals surface area (Å²) in [6.45, 7) is 4.17. The van der Waals surface area contributed by atoms with Gasteiger partial charge in [-0.1, -0.05) is 35.8 Å². The van der Waals surface area contributed by atoms with E-state index in [0.29, 0.717) is 41.3 Å². The number of nitrogens with zero attached hydrogens (tertiary/aromatic N) is 2. The van der Waals surface area contributed by atoms with Gasteiger partial charge in [0.15, 0.2) is 17.3 Å². The van der Waals surface area contributed by atoms with Crippen LogP contribution in [-0.2, 0) is 4.79 Å². The molecule has 0 saturated carbocycles. The zero-order valence-corrected chi connectivity index (χ0v) is 20.7. The molecule has 2 N–H and O–H groups in total. The summed E-state index contributed by atoms with van der Waals surface area (Å²) in [5, 5.41) is 10.2. The lowest BCUT2D eigenvalue weighted by Gasteiger charge is -2.43. The largest absolute Gasteiger partial charge is 0.493 e. The molecule has 1 aliphatic carbocycles. The minimum absolute atomic E-state index is 0.0309.